The van der Waals surface area contributed by atoms with Crippen LogP contribution in [-0.2, 0) is 10.4 Å². The fourth-order valence-electron chi connectivity index (χ4n) is 4.15. The summed E-state index contributed by atoms with van der Waals surface area (Å²) < 4.78 is 0. The van der Waals surface area contributed by atoms with Crippen molar-refractivity contribution in [2.75, 3.05) is 19.6 Å². The zero-order valence-corrected chi connectivity index (χ0v) is 13.4. The number of H-pyrrole nitrogens is 1. The number of nitrogens with one attached hydrogen (secondary N) is 1. The highest BCUT2D eigenvalue weighted by molar-refractivity contribution is 5.79. The topological polar surface area (TPSA) is 85.3 Å². The van der Waals surface area contributed by atoms with Gasteiger partial charge in [0.05, 0.1) is 12.7 Å². The third-order valence-electron chi connectivity index (χ3n) is 5.52. The number of aromatic nitrogens is 3. The van der Waals surface area contributed by atoms with Gasteiger partial charge in [-0.15, -0.1) is 0 Å². The van der Waals surface area contributed by atoms with Crippen molar-refractivity contribution < 1.29 is 9.90 Å². The van der Waals surface area contributed by atoms with Gasteiger partial charge in [0, 0.05) is 25.2 Å². The monoisotopic (exact) mass is 319 g/mol. The van der Waals surface area contributed by atoms with E-state index in [4.69, 9.17) is 0 Å². The van der Waals surface area contributed by atoms with Gasteiger partial charge < -0.3 is 10.0 Å². The Kier molecular flexibility index (Phi) is 3.85. The number of carbonyl (C=O) groups is 1. The third kappa shape index (κ3) is 2.99. The number of aromatic amines is 1. The minimum absolute atomic E-state index is 0.240. The Hall–Kier alpha value is -1.47. The number of likely N-dealkylation sites (tertiary alicyclic amines) is 1. The Morgan fingerprint density at radius 1 is 1.35 bits per heavy atom. The summed E-state index contributed by atoms with van der Waals surface area (Å²) in [6.45, 7) is 1.58. The summed E-state index contributed by atoms with van der Waals surface area (Å²) in [4.78, 5) is 17.1. The minimum atomic E-state index is -0.981. The van der Waals surface area contributed by atoms with Crippen molar-refractivity contribution in [1.29, 1.82) is 0 Å². The van der Waals surface area contributed by atoms with E-state index < -0.39 is 5.60 Å². The first-order chi connectivity index (χ1) is 11.2. The molecule has 3 aliphatic rings. The molecule has 1 aliphatic heterocycles. The number of hydrogen-bond acceptors (Lipinski definition) is 5. The van der Waals surface area contributed by atoms with Gasteiger partial charge in [-0.2, -0.15) is 15.4 Å². The Morgan fingerprint density at radius 3 is 2.74 bits per heavy atom. The van der Waals surface area contributed by atoms with Crippen LogP contribution in [0, 0.1) is 0 Å². The lowest BCUT2D eigenvalue weighted by molar-refractivity contribution is -0.135. The molecule has 0 aromatic carbocycles. The summed E-state index contributed by atoms with van der Waals surface area (Å²) in [6, 6.07) is 0.926. The lowest BCUT2D eigenvalue weighted by atomic mass is 10.0. The summed E-state index contributed by atoms with van der Waals surface area (Å²) in [5.74, 6) is 0.240. The number of carbonyl (C=O) groups excluding carboxylic acids is 1. The van der Waals surface area contributed by atoms with E-state index in [9.17, 15) is 9.90 Å². The molecular formula is C16H25N5O2. The van der Waals surface area contributed by atoms with Crippen molar-refractivity contribution >= 4 is 5.91 Å². The van der Waals surface area contributed by atoms with Crippen LogP contribution in [-0.4, -0.2) is 67.9 Å². The summed E-state index contributed by atoms with van der Waals surface area (Å²) in [7, 11) is 0. The Bertz CT molecular complexity index is 553. The van der Waals surface area contributed by atoms with Gasteiger partial charge in [0.25, 0.3) is 0 Å². The first-order valence-corrected chi connectivity index (χ1v) is 8.78. The predicted molar refractivity (Wildman–Crippen MR) is 83.5 cm³/mol. The van der Waals surface area contributed by atoms with E-state index in [0.29, 0.717) is 37.3 Å². The second kappa shape index (κ2) is 5.87. The van der Waals surface area contributed by atoms with Gasteiger partial charge in [-0.25, -0.2) is 0 Å². The highest BCUT2D eigenvalue weighted by Crippen LogP contribution is 2.35. The van der Waals surface area contributed by atoms with Crippen molar-refractivity contribution in [2.45, 2.75) is 62.6 Å². The second-order valence-electron chi connectivity index (χ2n) is 7.32. The summed E-state index contributed by atoms with van der Waals surface area (Å²) in [6.07, 6.45) is 9.29. The fraction of sp³-hybridized carbons (Fsp3) is 0.812. The van der Waals surface area contributed by atoms with Crippen molar-refractivity contribution in [2.24, 2.45) is 0 Å². The van der Waals surface area contributed by atoms with E-state index in [0.717, 1.165) is 32.2 Å². The van der Waals surface area contributed by atoms with E-state index >= 15 is 0 Å². The number of hydrogen-bond donors (Lipinski definition) is 2. The molecule has 2 saturated carbocycles. The molecule has 1 saturated heterocycles. The second-order valence-corrected chi connectivity index (χ2v) is 7.32. The fourth-order valence-corrected chi connectivity index (χ4v) is 4.15. The van der Waals surface area contributed by atoms with Crippen molar-refractivity contribution in [1.82, 2.24) is 25.2 Å². The van der Waals surface area contributed by atoms with Gasteiger partial charge in [0.15, 0.2) is 0 Å². The van der Waals surface area contributed by atoms with Crippen LogP contribution in [0.1, 0.15) is 50.6 Å². The molecule has 126 valence electrons. The maximum absolute atomic E-state index is 12.8. The first kappa shape index (κ1) is 15.1. The quantitative estimate of drug-likeness (QED) is 0.831. The van der Waals surface area contributed by atoms with Crippen LogP contribution in [0.2, 0.25) is 0 Å². The average molecular weight is 319 g/mol. The molecule has 1 amide bonds. The molecule has 0 unspecified atom stereocenters. The number of amides is 1. The molecule has 7 nitrogen and oxygen atoms in total. The van der Waals surface area contributed by atoms with Gasteiger partial charge in [-0.1, -0.05) is 12.8 Å². The van der Waals surface area contributed by atoms with Crippen LogP contribution >= 0.6 is 0 Å². The molecule has 1 atom stereocenters. The van der Waals surface area contributed by atoms with Gasteiger partial charge in [-0.3, -0.25) is 9.69 Å². The molecule has 1 aromatic rings. The smallest absolute Gasteiger partial charge is 0.237 e. The molecule has 0 bridgehead atoms. The molecule has 7 heteroatoms. The van der Waals surface area contributed by atoms with Crippen LogP contribution < -0.4 is 0 Å². The van der Waals surface area contributed by atoms with E-state index in [2.05, 4.69) is 25.2 Å². The molecular weight excluding hydrogens is 294 g/mol. The van der Waals surface area contributed by atoms with Crippen LogP contribution in [0.15, 0.2) is 6.20 Å². The molecule has 3 fully saturated rings. The lowest BCUT2D eigenvalue weighted by Gasteiger charge is -2.31. The van der Waals surface area contributed by atoms with Crippen molar-refractivity contribution in [3.63, 3.8) is 0 Å². The number of rotatable bonds is 5. The lowest BCUT2D eigenvalue weighted by Crippen LogP contribution is -2.46. The van der Waals surface area contributed by atoms with Crippen LogP contribution in [0.5, 0.6) is 0 Å². The van der Waals surface area contributed by atoms with E-state index in [1.54, 1.807) is 6.20 Å². The van der Waals surface area contributed by atoms with Gasteiger partial charge in [0.2, 0.25) is 5.91 Å². The van der Waals surface area contributed by atoms with Crippen LogP contribution in [0.3, 0.4) is 0 Å². The molecule has 2 heterocycles. The number of aliphatic hydroxyl groups is 1. The molecule has 2 aliphatic carbocycles. The van der Waals surface area contributed by atoms with Crippen molar-refractivity contribution in [3.8, 4) is 0 Å². The molecule has 4 rings (SSSR count). The third-order valence-corrected chi connectivity index (χ3v) is 5.52. The highest BCUT2D eigenvalue weighted by atomic mass is 16.3. The largest absolute Gasteiger partial charge is 0.382 e. The zero-order chi connectivity index (χ0) is 15.9. The standard InChI is InChI=1S/C16H25N5O2/c22-15(21(13-5-6-13)12-3-1-2-4-12)10-20-8-7-16(23,11-20)14-9-17-19-18-14/h9,12-13,23H,1-8,10-11H2,(H,17,18,19)/t16-/m0/s1. The predicted octanol–water partition coefficient (Wildman–Crippen LogP) is 0.632. The summed E-state index contributed by atoms with van der Waals surface area (Å²) >= 11 is 0. The average Bonchev–Trinajstić information content (AvgIpc) is 2.99. The van der Waals surface area contributed by atoms with Gasteiger partial charge in [-0.05, 0) is 32.1 Å². The first-order valence-electron chi connectivity index (χ1n) is 8.78. The highest BCUT2D eigenvalue weighted by Gasteiger charge is 2.43. The van der Waals surface area contributed by atoms with Gasteiger partial charge in [0.1, 0.15) is 11.3 Å². The maximum Gasteiger partial charge on any atom is 0.237 e. The summed E-state index contributed by atoms with van der Waals surface area (Å²) in [5, 5.41) is 21.1. The van der Waals surface area contributed by atoms with E-state index in [1.807, 2.05) is 0 Å². The van der Waals surface area contributed by atoms with Gasteiger partial charge >= 0.3 is 0 Å². The Morgan fingerprint density at radius 2 is 2.09 bits per heavy atom. The zero-order valence-electron chi connectivity index (χ0n) is 13.4. The SMILES string of the molecule is O=C(CN1CC[C@@](O)(c2cn[nH]n2)C1)N(C1CCCC1)C1CC1. The Labute approximate surface area is 136 Å². The maximum atomic E-state index is 12.8. The minimum Gasteiger partial charge on any atom is -0.382 e. The number of nitrogens with zero attached hydrogens (tertiary/aromatic N) is 4. The Balaban J connectivity index is 1.39. The van der Waals surface area contributed by atoms with Crippen LogP contribution in [0.25, 0.3) is 0 Å². The van der Waals surface area contributed by atoms with Crippen LogP contribution in [0.4, 0.5) is 0 Å². The summed E-state index contributed by atoms with van der Waals surface area (Å²) in [5.41, 5.74) is -0.410. The number of β-amino-alcohol motifs (C(OH)–C–C–N with tert-alkyl or cyclic N) is 1. The molecule has 0 spiro atoms. The van der Waals surface area contributed by atoms with Crippen molar-refractivity contribution in [3.05, 3.63) is 11.9 Å². The molecule has 0 radical (unpaired) electrons. The molecule has 2 N–H and O–H groups in total. The normalized spacial score (nSPS) is 29.3. The van der Waals surface area contributed by atoms with E-state index in [-0.39, 0.29) is 5.91 Å². The van der Waals surface area contributed by atoms with E-state index in [1.165, 1.54) is 12.8 Å². The molecule has 23 heavy (non-hydrogen) atoms. The molecule has 1 aromatic heterocycles.